The maximum Gasteiger partial charge on any atom is 0.416 e. The Morgan fingerprint density at radius 3 is 2.43 bits per heavy atom. The number of alkyl halides is 3. The Kier molecular flexibility index (Phi) is 6.50. The number of benzene rings is 1. The number of carbonyl (C=O) groups is 1. The monoisotopic (exact) mass is 448 g/mol. The molecule has 10 heteroatoms. The summed E-state index contributed by atoms with van der Waals surface area (Å²) in [6, 6.07) is 1.67. The summed E-state index contributed by atoms with van der Waals surface area (Å²) < 4.78 is 72.6. The van der Waals surface area contributed by atoms with Crippen molar-refractivity contribution in [3.05, 3.63) is 46.1 Å². The fourth-order valence-electron chi connectivity index (χ4n) is 3.41. The zero-order valence-corrected chi connectivity index (χ0v) is 16.6. The highest BCUT2D eigenvalue weighted by Gasteiger charge is 2.32. The van der Waals surface area contributed by atoms with E-state index in [2.05, 4.69) is 15.0 Å². The normalized spacial score (nSPS) is 15.2. The highest BCUT2D eigenvalue weighted by Crippen LogP contribution is 2.39. The van der Waals surface area contributed by atoms with Gasteiger partial charge in [-0.2, -0.15) is 13.2 Å². The minimum atomic E-state index is -4.75. The summed E-state index contributed by atoms with van der Waals surface area (Å²) in [5.74, 6) is -3.44. The Morgan fingerprint density at radius 2 is 1.87 bits per heavy atom. The summed E-state index contributed by atoms with van der Waals surface area (Å²) in [7, 11) is 1.02. The molecule has 0 amide bonds. The molecule has 0 unspecified atom stereocenters. The maximum absolute atomic E-state index is 15.0. The standard InChI is InChI=1S/C20H18ClF5N2O2/c1-30-19(29)18-15(23)17(27-11-5-3-2-4-6-11)14(21)16(28-18)12-8-7-10(9-13(12)22)20(24,25)26/h7-9,11H,2-6H2,1H3,(H,27,28). The van der Waals surface area contributed by atoms with Crippen LogP contribution < -0.4 is 5.32 Å². The predicted octanol–water partition coefficient (Wildman–Crippen LogP) is 6.23. The van der Waals surface area contributed by atoms with E-state index in [1.165, 1.54) is 0 Å². The molecule has 1 aliphatic carbocycles. The fraction of sp³-hybridized carbons (Fsp3) is 0.400. The molecule has 1 heterocycles. The third-order valence-electron chi connectivity index (χ3n) is 4.96. The average molecular weight is 449 g/mol. The van der Waals surface area contributed by atoms with E-state index in [-0.39, 0.29) is 22.4 Å². The molecule has 1 saturated carbocycles. The number of carbonyl (C=O) groups excluding carboxylic acids is 1. The molecule has 2 aromatic rings. The minimum Gasteiger partial charge on any atom is -0.464 e. The van der Waals surface area contributed by atoms with Gasteiger partial charge in [0.1, 0.15) is 5.82 Å². The van der Waals surface area contributed by atoms with E-state index in [0.29, 0.717) is 12.1 Å². The van der Waals surface area contributed by atoms with E-state index >= 15 is 0 Å². The van der Waals surface area contributed by atoms with Crippen molar-refractivity contribution in [3.8, 4) is 11.3 Å². The van der Waals surface area contributed by atoms with Crippen LogP contribution in [0.3, 0.4) is 0 Å². The predicted molar refractivity (Wildman–Crippen MR) is 101 cm³/mol. The van der Waals surface area contributed by atoms with Crippen LogP contribution in [0.25, 0.3) is 11.3 Å². The second-order valence-electron chi connectivity index (χ2n) is 6.98. The number of pyridine rings is 1. The summed E-state index contributed by atoms with van der Waals surface area (Å²) in [4.78, 5) is 15.8. The average Bonchev–Trinajstić information content (AvgIpc) is 2.71. The van der Waals surface area contributed by atoms with E-state index in [4.69, 9.17) is 11.6 Å². The van der Waals surface area contributed by atoms with Crippen LogP contribution >= 0.6 is 11.6 Å². The maximum atomic E-state index is 15.0. The molecule has 1 aromatic heterocycles. The lowest BCUT2D eigenvalue weighted by molar-refractivity contribution is -0.137. The van der Waals surface area contributed by atoms with Gasteiger partial charge in [0.15, 0.2) is 11.5 Å². The van der Waals surface area contributed by atoms with Crippen LogP contribution in [-0.4, -0.2) is 24.1 Å². The second-order valence-corrected chi connectivity index (χ2v) is 7.35. The van der Waals surface area contributed by atoms with E-state index in [1.54, 1.807) is 0 Å². The fourth-order valence-corrected chi connectivity index (χ4v) is 3.70. The van der Waals surface area contributed by atoms with Crippen molar-refractivity contribution in [1.82, 2.24) is 4.98 Å². The quantitative estimate of drug-likeness (QED) is 0.445. The zero-order valence-electron chi connectivity index (χ0n) is 15.9. The van der Waals surface area contributed by atoms with Gasteiger partial charge in [-0.05, 0) is 31.0 Å². The number of ether oxygens (including phenoxy) is 1. The largest absolute Gasteiger partial charge is 0.464 e. The van der Waals surface area contributed by atoms with E-state index < -0.39 is 40.6 Å². The molecule has 162 valence electrons. The van der Waals surface area contributed by atoms with Crippen LogP contribution in [-0.2, 0) is 10.9 Å². The Hall–Kier alpha value is -2.42. The number of nitrogens with one attached hydrogen (secondary N) is 1. The van der Waals surface area contributed by atoms with Crippen LogP contribution in [0, 0.1) is 11.6 Å². The molecule has 1 fully saturated rings. The topological polar surface area (TPSA) is 51.2 Å². The van der Waals surface area contributed by atoms with Gasteiger partial charge in [-0.15, -0.1) is 0 Å². The van der Waals surface area contributed by atoms with Gasteiger partial charge in [-0.3, -0.25) is 0 Å². The van der Waals surface area contributed by atoms with Crippen molar-refractivity contribution < 1.29 is 31.5 Å². The molecule has 1 aromatic carbocycles. The molecule has 1 aliphatic rings. The summed E-state index contributed by atoms with van der Waals surface area (Å²) in [5.41, 5.74) is -2.95. The molecule has 1 N–H and O–H groups in total. The van der Waals surface area contributed by atoms with Crippen LogP contribution in [0.15, 0.2) is 18.2 Å². The number of methoxy groups -OCH3 is 1. The van der Waals surface area contributed by atoms with Gasteiger partial charge in [-0.25, -0.2) is 18.6 Å². The number of hydrogen-bond donors (Lipinski definition) is 1. The Bertz CT molecular complexity index is 959. The lowest BCUT2D eigenvalue weighted by Crippen LogP contribution is -2.24. The third-order valence-corrected chi connectivity index (χ3v) is 5.33. The first-order valence-corrected chi connectivity index (χ1v) is 9.62. The molecule has 0 bridgehead atoms. The third kappa shape index (κ3) is 4.50. The molecule has 0 atom stereocenters. The molecule has 4 nitrogen and oxygen atoms in total. The first-order valence-electron chi connectivity index (χ1n) is 9.24. The van der Waals surface area contributed by atoms with Gasteiger partial charge < -0.3 is 10.1 Å². The molecule has 0 radical (unpaired) electrons. The van der Waals surface area contributed by atoms with Gasteiger partial charge >= 0.3 is 12.1 Å². The van der Waals surface area contributed by atoms with Gasteiger partial charge in [-0.1, -0.05) is 30.9 Å². The van der Waals surface area contributed by atoms with Crippen LogP contribution in [0.2, 0.25) is 5.02 Å². The van der Waals surface area contributed by atoms with Crippen molar-refractivity contribution >= 4 is 23.3 Å². The van der Waals surface area contributed by atoms with E-state index in [1.807, 2.05) is 0 Å². The second kappa shape index (κ2) is 8.75. The summed E-state index contributed by atoms with van der Waals surface area (Å²) in [6.45, 7) is 0. The molecule has 0 saturated heterocycles. The molecule has 3 rings (SSSR count). The minimum absolute atomic E-state index is 0.121. The molecular weight excluding hydrogens is 431 g/mol. The van der Waals surface area contributed by atoms with Crippen molar-refractivity contribution in [2.75, 3.05) is 12.4 Å². The van der Waals surface area contributed by atoms with Gasteiger partial charge in [0.05, 0.1) is 29.1 Å². The lowest BCUT2D eigenvalue weighted by Gasteiger charge is -2.25. The Balaban J connectivity index is 2.14. The number of nitrogens with zero attached hydrogens (tertiary/aromatic N) is 1. The molecule has 0 spiro atoms. The number of hydrogen-bond acceptors (Lipinski definition) is 4. The first-order chi connectivity index (χ1) is 14.1. The summed E-state index contributed by atoms with van der Waals surface area (Å²) in [6.07, 6.45) is -0.367. The molecule has 0 aliphatic heterocycles. The van der Waals surface area contributed by atoms with Crippen molar-refractivity contribution in [3.63, 3.8) is 0 Å². The highest BCUT2D eigenvalue weighted by atomic mass is 35.5. The van der Waals surface area contributed by atoms with E-state index in [9.17, 15) is 26.7 Å². The van der Waals surface area contributed by atoms with Gasteiger partial charge in [0.25, 0.3) is 0 Å². The van der Waals surface area contributed by atoms with Crippen LogP contribution in [0.1, 0.15) is 48.2 Å². The van der Waals surface area contributed by atoms with Crippen LogP contribution in [0.4, 0.5) is 27.6 Å². The van der Waals surface area contributed by atoms with Crippen molar-refractivity contribution in [2.24, 2.45) is 0 Å². The number of anilines is 1. The lowest BCUT2D eigenvalue weighted by atomic mass is 9.95. The van der Waals surface area contributed by atoms with E-state index in [0.717, 1.165) is 45.3 Å². The Morgan fingerprint density at radius 1 is 1.20 bits per heavy atom. The van der Waals surface area contributed by atoms with Crippen molar-refractivity contribution in [1.29, 1.82) is 0 Å². The van der Waals surface area contributed by atoms with Gasteiger partial charge in [0, 0.05) is 11.6 Å². The highest BCUT2D eigenvalue weighted by molar-refractivity contribution is 6.36. The number of esters is 1. The molecular formula is C20H18ClF5N2O2. The van der Waals surface area contributed by atoms with Crippen LogP contribution in [0.5, 0.6) is 0 Å². The number of aromatic nitrogens is 1. The first kappa shape index (κ1) is 22.3. The summed E-state index contributed by atoms with van der Waals surface area (Å²) in [5, 5.41) is 2.62. The van der Waals surface area contributed by atoms with Crippen molar-refractivity contribution in [2.45, 2.75) is 44.3 Å². The molecule has 30 heavy (non-hydrogen) atoms. The SMILES string of the molecule is COC(=O)c1nc(-c2ccc(C(F)(F)F)cc2F)c(Cl)c(NC2CCCCC2)c1F. The number of halogens is 6. The zero-order chi connectivity index (χ0) is 22.1. The smallest absolute Gasteiger partial charge is 0.416 e. The summed E-state index contributed by atoms with van der Waals surface area (Å²) >= 11 is 6.28. The van der Waals surface area contributed by atoms with Gasteiger partial charge in [0.2, 0.25) is 0 Å². The Labute approximate surface area is 174 Å². The number of rotatable bonds is 4.